The Morgan fingerprint density at radius 3 is 2.80 bits per heavy atom. The van der Waals surface area contributed by atoms with Crippen molar-refractivity contribution in [3.05, 3.63) is 36.4 Å². The van der Waals surface area contributed by atoms with Crippen molar-refractivity contribution in [3.8, 4) is 0 Å². The molecule has 4 atom stereocenters. The molecule has 35 heavy (non-hydrogen) atoms. The lowest BCUT2D eigenvalue weighted by atomic mass is 9.66. The summed E-state index contributed by atoms with van der Waals surface area (Å²) in [5.74, 6) is 0.357. The van der Waals surface area contributed by atoms with Gasteiger partial charge in [0, 0.05) is 38.8 Å². The Morgan fingerprint density at radius 2 is 2.14 bits per heavy atom. The minimum Gasteiger partial charge on any atom is -0.462 e. The maximum atomic E-state index is 6.84. The number of nitrogens with one attached hydrogen (secondary N) is 2. The molecule has 2 aromatic rings. The summed E-state index contributed by atoms with van der Waals surface area (Å²) in [5.41, 5.74) is -1.10. The highest BCUT2D eigenvalue weighted by molar-refractivity contribution is 5.99. The Hall–Kier alpha value is -3.04. The molecule has 0 saturated carbocycles. The SMILES string of the molecule is c1coc(C2(C3=NOCC3)N(C3=NCCO3)OC(C3NCCO3)C2(c2ccon2)N2CCNC2)n1. The van der Waals surface area contributed by atoms with Gasteiger partial charge in [0.2, 0.25) is 11.4 Å². The van der Waals surface area contributed by atoms with Crippen LogP contribution in [0.1, 0.15) is 18.0 Å². The predicted octanol–water partition coefficient (Wildman–Crippen LogP) is -0.660. The highest BCUT2D eigenvalue weighted by Crippen LogP contribution is 2.59. The van der Waals surface area contributed by atoms with E-state index in [0.717, 1.165) is 6.54 Å². The number of oxazole rings is 1. The van der Waals surface area contributed by atoms with Crippen molar-refractivity contribution in [2.75, 3.05) is 52.7 Å². The quantitative estimate of drug-likeness (QED) is 0.553. The molecule has 0 amide bonds. The van der Waals surface area contributed by atoms with E-state index in [2.05, 4.69) is 35.8 Å². The van der Waals surface area contributed by atoms with Crippen LogP contribution in [0.15, 0.2) is 43.9 Å². The van der Waals surface area contributed by atoms with E-state index in [-0.39, 0.29) is 0 Å². The third-order valence-corrected chi connectivity index (χ3v) is 7.20. The summed E-state index contributed by atoms with van der Waals surface area (Å²) in [5, 5.41) is 17.6. The summed E-state index contributed by atoms with van der Waals surface area (Å²) in [7, 11) is 0. The van der Waals surface area contributed by atoms with E-state index in [4.69, 9.17) is 28.1 Å². The first-order valence-electron chi connectivity index (χ1n) is 11.8. The van der Waals surface area contributed by atoms with Crippen LogP contribution in [0.25, 0.3) is 0 Å². The summed E-state index contributed by atoms with van der Waals surface area (Å²) < 4.78 is 23.7. The van der Waals surface area contributed by atoms with E-state index < -0.39 is 23.4 Å². The van der Waals surface area contributed by atoms with Gasteiger partial charge in [0.25, 0.3) is 0 Å². The molecule has 0 spiro atoms. The third-order valence-electron chi connectivity index (χ3n) is 7.20. The van der Waals surface area contributed by atoms with E-state index >= 15 is 0 Å². The Labute approximate surface area is 200 Å². The van der Waals surface area contributed by atoms with Crippen LogP contribution in [0.4, 0.5) is 0 Å². The first kappa shape index (κ1) is 21.3. The molecule has 14 heteroatoms. The number of aromatic nitrogens is 2. The lowest BCUT2D eigenvalue weighted by Crippen LogP contribution is -2.70. The zero-order chi connectivity index (χ0) is 23.3. The molecule has 186 valence electrons. The lowest BCUT2D eigenvalue weighted by Gasteiger charge is -2.49. The predicted molar refractivity (Wildman–Crippen MR) is 117 cm³/mol. The van der Waals surface area contributed by atoms with Crippen LogP contribution >= 0.6 is 0 Å². The topological polar surface area (TPSA) is 144 Å². The zero-order valence-electron chi connectivity index (χ0n) is 19.0. The van der Waals surface area contributed by atoms with E-state index in [1.165, 1.54) is 6.26 Å². The molecule has 0 bridgehead atoms. The number of hydroxylamine groups is 2. The monoisotopic (exact) mass is 486 g/mol. The fourth-order valence-corrected chi connectivity index (χ4v) is 5.97. The van der Waals surface area contributed by atoms with Gasteiger partial charge < -0.3 is 28.6 Å². The van der Waals surface area contributed by atoms with Gasteiger partial charge in [0.15, 0.2) is 6.10 Å². The summed E-state index contributed by atoms with van der Waals surface area (Å²) in [4.78, 5) is 24.0. The Bertz CT molecular complexity index is 1100. The van der Waals surface area contributed by atoms with Gasteiger partial charge in [-0.15, -0.1) is 0 Å². The summed E-state index contributed by atoms with van der Waals surface area (Å²) in [6, 6.07) is 2.16. The summed E-state index contributed by atoms with van der Waals surface area (Å²) in [6.07, 6.45) is 4.10. The molecule has 4 unspecified atom stereocenters. The van der Waals surface area contributed by atoms with Crippen molar-refractivity contribution in [1.29, 1.82) is 0 Å². The average molecular weight is 486 g/mol. The van der Waals surface area contributed by atoms with Crippen molar-refractivity contribution in [1.82, 2.24) is 30.7 Å². The van der Waals surface area contributed by atoms with Crippen LogP contribution in [-0.4, -0.2) is 96.8 Å². The molecular formula is C21H26N8O6. The van der Waals surface area contributed by atoms with E-state index in [9.17, 15) is 0 Å². The number of nitrogens with zero attached hydrogens (tertiary/aromatic N) is 6. The highest BCUT2D eigenvalue weighted by atomic mass is 16.7. The molecular weight excluding hydrogens is 460 g/mol. The second-order valence-corrected chi connectivity index (χ2v) is 8.82. The molecule has 3 fully saturated rings. The van der Waals surface area contributed by atoms with Crippen LogP contribution in [0.3, 0.4) is 0 Å². The molecule has 0 aliphatic carbocycles. The van der Waals surface area contributed by atoms with Crippen molar-refractivity contribution < 1.29 is 28.1 Å². The van der Waals surface area contributed by atoms with Gasteiger partial charge >= 0.3 is 6.02 Å². The average Bonchev–Trinajstić information content (AvgIpc) is 3.71. The number of hydrogen-bond donors (Lipinski definition) is 2. The number of aliphatic imine (C=N–C) groups is 1. The molecule has 7 heterocycles. The van der Waals surface area contributed by atoms with E-state index in [0.29, 0.717) is 75.9 Å². The second-order valence-electron chi connectivity index (χ2n) is 8.82. The molecule has 7 rings (SSSR count). The molecule has 3 saturated heterocycles. The lowest BCUT2D eigenvalue weighted by molar-refractivity contribution is -0.169. The summed E-state index contributed by atoms with van der Waals surface area (Å²) >= 11 is 0. The number of ether oxygens (including phenoxy) is 2. The van der Waals surface area contributed by atoms with Gasteiger partial charge in [0.05, 0.1) is 19.3 Å². The molecule has 0 radical (unpaired) electrons. The van der Waals surface area contributed by atoms with Crippen LogP contribution < -0.4 is 10.6 Å². The van der Waals surface area contributed by atoms with Crippen molar-refractivity contribution in [2.45, 2.75) is 29.8 Å². The van der Waals surface area contributed by atoms with Gasteiger partial charge in [0.1, 0.15) is 48.9 Å². The molecule has 2 N–H and O–H groups in total. The van der Waals surface area contributed by atoms with Crippen LogP contribution in [0, 0.1) is 0 Å². The van der Waals surface area contributed by atoms with Crippen LogP contribution in [0.2, 0.25) is 0 Å². The van der Waals surface area contributed by atoms with E-state index in [1.54, 1.807) is 17.5 Å². The molecule has 2 aromatic heterocycles. The summed E-state index contributed by atoms with van der Waals surface area (Å²) in [6.45, 7) is 4.60. The number of hydrogen-bond acceptors (Lipinski definition) is 14. The van der Waals surface area contributed by atoms with Crippen molar-refractivity contribution >= 4 is 11.7 Å². The largest absolute Gasteiger partial charge is 0.462 e. The van der Waals surface area contributed by atoms with E-state index in [1.807, 2.05) is 6.07 Å². The van der Waals surface area contributed by atoms with Gasteiger partial charge in [-0.2, -0.15) is 5.06 Å². The van der Waals surface area contributed by atoms with Crippen molar-refractivity contribution in [3.63, 3.8) is 0 Å². The minimum atomic E-state index is -1.29. The Kier molecular flexibility index (Phi) is 5.02. The van der Waals surface area contributed by atoms with Gasteiger partial charge in [-0.3, -0.25) is 15.1 Å². The van der Waals surface area contributed by atoms with Gasteiger partial charge in [-0.1, -0.05) is 10.3 Å². The number of rotatable bonds is 5. The van der Waals surface area contributed by atoms with Crippen LogP contribution in [0.5, 0.6) is 0 Å². The smallest absolute Gasteiger partial charge is 0.313 e. The van der Waals surface area contributed by atoms with Gasteiger partial charge in [-0.25, -0.2) is 9.98 Å². The molecule has 5 aliphatic rings. The maximum Gasteiger partial charge on any atom is 0.313 e. The Balaban J connectivity index is 1.58. The Morgan fingerprint density at radius 1 is 1.14 bits per heavy atom. The second kappa shape index (κ2) is 8.27. The fraction of sp³-hybridized carbons (Fsp3) is 0.619. The standard InChI is InChI=1S/C21H26N8O6/c1-8-33-26-14(1)20(28-7-3-22-13-28)16(17-23-4-10-30-17)35-29(19-25-6-12-32-19)21(20,15-2-9-34-27-15)18-24-5-11-31-18/h1,5,8,11,16-17,22-23H,2-4,6-7,9-10,12-13H2. The maximum absolute atomic E-state index is 6.84. The van der Waals surface area contributed by atoms with Crippen molar-refractivity contribution in [2.24, 2.45) is 10.1 Å². The molecule has 14 nitrogen and oxygen atoms in total. The third kappa shape index (κ3) is 2.82. The first-order chi connectivity index (χ1) is 17.4. The molecule has 0 aromatic carbocycles. The number of oxime groups is 1. The fourth-order valence-electron chi connectivity index (χ4n) is 5.97. The minimum absolute atomic E-state index is 0.318. The first-order valence-corrected chi connectivity index (χ1v) is 11.8. The van der Waals surface area contributed by atoms with Crippen LogP contribution in [-0.2, 0) is 30.2 Å². The highest BCUT2D eigenvalue weighted by Gasteiger charge is 2.79. The zero-order valence-corrected chi connectivity index (χ0v) is 19.0. The van der Waals surface area contributed by atoms with Gasteiger partial charge in [-0.05, 0) is 0 Å². The molecule has 5 aliphatic heterocycles. The number of amidine groups is 1. The normalized spacial score (nSPS) is 35.4.